The van der Waals surface area contributed by atoms with E-state index < -0.39 is 11.9 Å². The molecule has 0 N–H and O–H groups in total. The molecule has 0 rings (SSSR count). The van der Waals surface area contributed by atoms with Crippen LogP contribution in [0.15, 0.2) is 0 Å². The third-order valence-electron chi connectivity index (χ3n) is 1.48. The van der Waals surface area contributed by atoms with E-state index in [-0.39, 0.29) is 65.5 Å². The van der Waals surface area contributed by atoms with Crippen LogP contribution in [0.2, 0.25) is 0 Å². The average Bonchev–Trinajstić information content (AvgIpc) is 2.02. The molecule has 0 radical (unpaired) electrons. The Morgan fingerprint density at radius 3 is 1.62 bits per heavy atom. The zero-order chi connectivity index (χ0) is 11.4. The van der Waals surface area contributed by atoms with Crippen molar-refractivity contribution in [3.8, 4) is 0 Å². The molecular formula is C10H18Na2O4. The van der Waals surface area contributed by atoms with Crippen molar-refractivity contribution < 1.29 is 78.9 Å². The molecule has 0 aromatic heterocycles. The number of aliphatic carboxylic acids is 2. The summed E-state index contributed by atoms with van der Waals surface area (Å²) in [6.07, 6.45) is 5.61. The van der Waals surface area contributed by atoms with E-state index in [4.69, 9.17) is 9.90 Å². The molecular weight excluding hydrogens is 230 g/mol. The molecule has 0 saturated heterocycles. The van der Waals surface area contributed by atoms with Gasteiger partial charge in [0.1, 0.15) is 0 Å². The first-order chi connectivity index (χ1) is 6.50. The van der Waals surface area contributed by atoms with Crippen LogP contribution >= 0.6 is 0 Å². The van der Waals surface area contributed by atoms with Crippen LogP contribution in [0, 0.1) is 0 Å². The number of hydrogen-bond donors (Lipinski definition) is 0. The van der Waals surface area contributed by atoms with Gasteiger partial charge in [0.25, 0.3) is 0 Å². The maximum atomic E-state index is 9.92. The summed E-state index contributed by atoms with van der Waals surface area (Å²) in [5.41, 5.74) is 0. The molecule has 0 aliphatic heterocycles. The monoisotopic (exact) mass is 248 g/mol. The summed E-state index contributed by atoms with van der Waals surface area (Å²) in [6.45, 7) is 3.11. The summed E-state index contributed by atoms with van der Waals surface area (Å²) in [5, 5.41) is 18.8. The number of carbonyl (C=O) groups is 2. The number of hydrogen-bond acceptors (Lipinski definition) is 4. The Labute approximate surface area is 142 Å². The summed E-state index contributed by atoms with van der Waals surface area (Å²) >= 11 is 0. The quantitative estimate of drug-likeness (QED) is 0.346. The van der Waals surface area contributed by atoms with Gasteiger partial charge in [0.2, 0.25) is 0 Å². The van der Waals surface area contributed by atoms with Crippen molar-refractivity contribution in [1.82, 2.24) is 0 Å². The van der Waals surface area contributed by atoms with E-state index >= 15 is 0 Å². The Hall–Kier alpha value is 0.940. The normalized spacial score (nSPS) is 7.62. The Morgan fingerprint density at radius 2 is 1.31 bits per heavy atom. The van der Waals surface area contributed by atoms with E-state index in [0.717, 1.165) is 26.2 Å². The van der Waals surface area contributed by atoms with Crippen LogP contribution < -0.4 is 69.3 Å². The molecule has 6 heteroatoms. The second-order valence-corrected chi connectivity index (χ2v) is 3.03. The molecule has 0 unspecified atom stereocenters. The summed E-state index contributed by atoms with van der Waals surface area (Å²) in [7, 11) is 0. The van der Waals surface area contributed by atoms with Gasteiger partial charge in [0, 0.05) is 11.9 Å². The van der Waals surface area contributed by atoms with Crippen LogP contribution in [0.25, 0.3) is 0 Å². The second-order valence-electron chi connectivity index (χ2n) is 3.03. The first kappa shape index (κ1) is 25.7. The van der Waals surface area contributed by atoms with Crippen molar-refractivity contribution >= 4 is 11.9 Å². The van der Waals surface area contributed by atoms with E-state index in [2.05, 4.69) is 6.92 Å². The molecule has 0 fully saturated rings. The molecule has 0 spiro atoms. The topological polar surface area (TPSA) is 80.3 Å². The molecule has 4 nitrogen and oxygen atoms in total. The van der Waals surface area contributed by atoms with E-state index in [1.165, 1.54) is 12.8 Å². The van der Waals surface area contributed by atoms with Crippen LogP contribution in [-0.4, -0.2) is 11.9 Å². The molecule has 16 heavy (non-hydrogen) atoms. The molecule has 0 atom stereocenters. The number of rotatable bonds is 6. The van der Waals surface area contributed by atoms with E-state index in [9.17, 15) is 9.90 Å². The minimum atomic E-state index is -1.08. The molecule has 0 bridgehead atoms. The van der Waals surface area contributed by atoms with Gasteiger partial charge in [0.05, 0.1) is 0 Å². The van der Waals surface area contributed by atoms with Crippen LogP contribution in [0.1, 0.15) is 52.4 Å². The zero-order valence-electron chi connectivity index (χ0n) is 10.9. The zero-order valence-corrected chi connectivity index (χ0v) is 14.9. The van der Waals surface area contributed by atoms with E-state index in [0.29, 0.717) is 0 Å². The van der Waals surface area contributed by atoms with Crippen molar-refractivity contribution in [2.24, 2.45) is 0 Å². The minimum absolute atomic E-state index is 0. The Balaban J connectivity index is -0.000000105. The van der Waals surface area contributed by atoms with Crippen molar-refractivity contribution in [3.05, 3.63) is 0 Å². The summed E-state index contributed by atoms with van der Waals surface area (Å²) in [6, 6.07) is 0. The third kappa shape index (κ3) is 46.1. The SMILES string of the molecule is CC(=O)[O-].CCCCCCCC(=O)[O-].[Na+].[Na+]. The van der Waals surface area contributed by atoms with Crippen molar-refractivity contribution in [3.63, 3.8) is 0 Å². The fraction of sp³-hybridized carbons (Fsp3) is 0.800. The first-order valence-electron chi connectivity index (χ1n) is 4.88. The Bertz CT molecular complexity index is 159. The predicted octanol–water partition coefficient (Wildman–Crippen LogP) is -6.14. The predicted molar refractivity (Wildman–Crippen MR) is 49.1 cm³/mol. The number of unbranched alkanes of at least 4 members (excludes halogenated alkanes) is 4. The maximum Gasteiger partial charge on any atom is 1.00 e. The molecule has 0 amide bonds. The first-order valence-corrected chi connectivity index (χ1v) is 4.88. The second kappa shape index (κ2) is 21.2. The molecule has 0 aliphatic rings. The summed E-state index contributed by atoms with van der Waals surface area (Å²) in [4.78, 5) is 18.8. The van der Waals surface area contributed by atoms with Gasteiger partial charge in [-0.05, 0) is 19.8 Å². The van der Waals surface area contributed by atoms with Crippen LogP contribution in [0.3, 0.4) is 0 Å². The summed E-state index contributed by atoms with van der Waals surface area (Å²) < 4.78 is 0. The fourth-order valence-corrected chi connectivity index (χ4v) is 0.873. The van der Waals surface area contributed by atoms with Gasteiger partial charge in [-0.25, -0.2) is 0 Å². The number of carbonyl (C=O) groups excluding carboxylic acids is 2. The smallest absolute Gasteiger partial charge is 0.550 e. The Morgan fingerprint density at radius 1 is 0.938 bits per heavy atom. The number of carboxylic acids is 2. The average molecular weight is 248 g/mol. The van der Waals surface area contributed by atoms with Gasteiger partial charge in [-0.3, -0.25) is 0 Å². The van der Waals surface area contributed by atoms with Gasteiger partial charge in [0.15, 0.2) is 0 Å². The molecule has 0 aromatic carbocycles. The van der Waals surface area contributed by atoms with Crippen LogP contribution in [0.4, 0.5) is 0 Å². The van der Waals surface area contributed by atoms with Gasteiger partial charge < -0.3 is 19.8 Å². The fourth-order valence-electron chi connectivity index (χ4n) is 0.873. The van der Waals surface area contributed by atoms with Crippen molar-refractivity contribution in [2.45, 2.75) is 52.4 Å². The molecule has 0 saturated carbocycles. The van der Waals surface area contributed by atoms with E-state index in [1.807, 2.05) is 0 Å². The van der Waals surface area contributed by atoms with Gasteiger partial charge in [-0.15, -0.1) is 0 Å². The van der Waals surface area contributed by atoms with Crippen molar-refractivity contribution in [1.29, 1.82) is 0 Å². The van der Waals surface area contributed by atoms with Crippen molar-refractivity contribution in [2.75, 3.05) is 0 Å². The molecule has 0 heterocycles. The minimum Gasteiger partial charge on any atom is -0.550 e. The molecule has 0 aliphatic carbocycles. The maximum absolute atomic E-state index is 9.92. The molecule has 84 valence electrons. The van der Waals surface area contributed by atoms with Crippen LogP contribution in [-0.2, 0) is 9.59 Å². The van der Waals surface area contributed by atoms with Crippen LogP contribution in [0.5, 0.6) is 0 Å². The summed E-state index contributed by atoms with van der Waals surface area (Å²) in [5.74, 6) is -2.00. The number of carboxylic acid groups (broad SMARTS) is 2. The third-order valence-corrected chi connectivity index (χ3v) is 1.48. The Kier molecular flexibility index (Phi) is 34.1. The van der Waals surface area contributed by atoms with Gasteiger partial charge in [-0.2, -0.15) is 0 Å². The standard InChI is InChI=1S/C8H16O2.C2H4O2.2Na/c1-2-3-4-5-6-7-8(9)10;1-2(3)4;;/h2-7H2,1H3,(H,9,10);1H3,(H,3,4);;/q;;2*+1/p-2. The molecule has 0 aromatic rings. The van der Waals surface area contributed by atoms with Gasteiger partial charge in [-0.1, -0.05) is 32.6 Å². The van der Waals surface area contributed by atoms with Gasteiger partial charge >= 0.3 is 59.1 Å². The van der Waals surface area contributed by atoms with E-state index in [1.54, 1.807) is 0 Å². The largest absolute Gasteiger partial charge is 1.00 e.